The van der Waals surface area contributed by atoms with Crippen molar-refractivity contribution in [2.24, 2.45) is 0 Å². The molecule has 0 heterocycles. The van der Waals surface area contributed by atoms with Gasteiger partial charge in [0.2, 0.25) is 0 Å². The van der Waals surface area contributed by atoms with Gasteiger partial charge < -0.3 is 10.4 Å². The van der Waals surface area contributed by atoms with Crippen molar-refractivity contribution in [2.75, 3.05) is 5.32 Å². The maximum atomic E-state index is 12.2. The number of hydrogen-bond donors (Lipinski definition) is 2. The lowest BCUT2D eigenvalue weighted by Crippen LogP contribution is -2.13. The molecule has 0 aliphatic rings. The van der Waals surface area contributed by atoms with Gasteiger partial charge in [-0.05, 0) is 36.8 Å². The van der Waals surface area contributed by atoms with E-state index in [0.717, 1.165) is 5.56 Å². The molecule has 21 heavy (non-hydrogen) atoms. The summed E-state index contributed by atoms with van der Waals surface area (Å²) in [5.74, 6) is -1.58. The molecular formula is C15H11Cl2NO3. The second-order valence-corrected chi connectivity index (χ2v) is 5.18. The second kappa shape index (κ2) is 6.16. The van der Waals surface area contributed by atoms with Gasteiger partial charge in [0.1, 0.15) is 0 Å². The van der Waals surface area contributed by atoms with Crippen LogP contribution >= 0.6 is 23.2 Å². The molecule has 2 rings (SSSR count). The number of aromatic carboxylic acids is 1. The SMILES string of the molecule is Cc1cccc(C(=O)Nc2ccc(Cl)c(C(=O)O)c2)c1Cl. The molecule has 0 aliphatic carbocycles. The van der Waals surface area contributed by atoms with E-state index in [9.17, 15) is 9.59 Å². The number of hydrogen-bond acceptors (Lipinski definition) is 2. The Bertz CT molecular complexity index is 729. The topological polar surface area (TPSA) is 66.4 Å². The number of nitrogens with one attached hydrogen (secondary N) is 1. The Morgan fingerprint density at radius 1 is 1.10 bits per heavy atom. The van der Waals surface area contributed by atoms with E-state index in [2.05, 4.69) is 5.32 Å². The number of benzene rings is 2. The zero-order valence-electron chi connectivity index (χ0n) is 11.0. The molecule has 108 valence electrons. The minimum atomic E-state index is -1.16. The summed E-state index contributed by atoms with van der Waals surface area (Å²) in [6, 6.07) is 9.35. The van der Waals surface area contributed by atoms with E-state index in [0.29, 0.717) is 16.3 Å². The van der Waals surface area contributed by atoms with Crippen LogP contribution in [0.15, 0.2) is 36.4 Å². The smallest absolute Gasteiger partial charge is 0.337 e. The predicted octanol–water partition coefficient (Wildman–Crippen LogP) is 4.25. The molecule has 0 radical (unpaired) electrons. The highest BCUT2D eigenvalue weighted by atomic mass is 35.5. The molecule has 1 amide bonds. The van der Waals surface area contributed by atoms with Crippen LogP contribution in [0.4, 0.5) is 5.69 Å². The highest BCUT2D eigenvalue weighted by molar-refractivity contribution is 6.35. The number of rotatable bonds is 3. The molecule has 2 aromatic rings. The van der Waals surface area contributed by atoms with E-state index in [1.807, 2.05) is 0 Å². The molecule has 6 heteroatoms. The third-order valence-electron chi connectivity index (χ3n) is 2.89. The number of carboxylic acids is 1. The first-order chi connectivity index (χ1) is 9.90. The van der Waals surface area contributed by atoms with E-state index in [4.69, 9.17) is 28.3 Å². The second-order valence-electron chi connectivity index (χ2n) is 4.39. The Labute approximate surface area is 131 Å². The number of aryl methyl sites for hydroxylation is 1. The van der Waals surface area contributed by atoms with Gasteiger partial charge in [0, 0.05) is 5.69 Å². The van der Waals surface area contributed by atoms with Gasteiger partial charge >= 0.3 is 5.97 Å². The van der Waals surface area contributed by atoms with Gasteiger partial charge in [0.25, 0.3) is 5.91 Å². The number of carboxylic acid groups (broad SMARTS) is 1. The molecule has 0 atom stereocenters. The molecule has 4 nitrogen and oxygen atoms in total. The van der Waals surface area contributed by atoms with Crippen LogP contribution in [0.1, 0.15) is 26.3 Å². The summed E-state index contributed by atoms with van der Waals surface area (Å²) in [6.45, 7) is 1.80. The molecule has 0 bridgehead atoms. The maximum absolute atomic E-state index is 12.2. The number of anilines is 1. The van der Waals surface area contributed by atoms with Gasteiger partial charge in [0.15, 0.2) is 0 Å². The van der Waals surface area contributed by atoms with E-state index in [1.165, 1.54) is 18.2 Å². The zero-order chi connectivity index (χ0) is 15.6. The van der Waals surface area contributed by atoms with E-state index in [1.54, 1.807) is 25.1 Å². The lowest BCUT2D eigenvalue weighted by atomic mass is 10.1. The van der Waals surface area contributed by atoms with Crippen molar-refractivity contribution in [3.05, 3.63) is 63.1 Å². The standard InChI is InChI=1S/C15H11Cl2NO3/c1-8-3-2-4-10(13(8)17)14(19)18-9-5-6-12(16)11(7-9)15(20)21/h2-7H,1H3,(H,18,19)(H,20,21). The monoisotopic (exact) mass is 323 g/mol. The maximum Gasteiger partial charge on any atom is 0.337 e. The average molecular weight is 324 g/mol. The summed E-state index contributed by atoms with van der Waals surface area (Å²) in [4.78, 5) is 23.2. The fourth-order valence-corrected chi connectivity index (χ4v) is 2.20. The fourth-order valence-electron chi connectivity index (χ4n) is 1.79. The van der Waals surface area contributed by atoms with Gasteiger partial charge in [-0.25, -0.2) is 4.79 Å². The van der Waals surface area contributed by atoms with E-state index in [-0.39, 0.29) is 10.6 Å². The van der Waals surface area contributed by atoms with Crippen LogP contribution in [-0.4, -0.2) is 17.0 Å². The van der Waals surface area contributed by atoms with Crippen LogP contribution < -0.4 is 5.32 Å². The number of halogens is 2. The van der Waals surface area contributed by atoms with Crippen LogP contribution in [0.3, 0.4) is 0 Å². The van der Waals surface area contributed by atoms with Crippen molar-refractivity contribution < 1.29 is 14.7 Å². The minimum Gasteiger partial charge on any atom is -0.478 e. The van der Waals surface area contributed by atoms with Gasteiger partial charge in [-0.2, -0.15) is 0 Å². The first-order valence-corrected chi connectivity index (χ1v) is 6.75. The number of amides is 1. The lowest BCUT2D eigenvalue weighted by molar-refractivity contribution is 0.0696. The Morgan fingerprint density at radius 2 is 1.81 bits per heavy atom. The van der Waals surface area contributed by atoms with Gasteiger partial charge in [-0.3, -0.25) is 4.79 Å². The molecule has 0 aliphatic heterocycles. The number of carbonyl (C=O) groups excluding carboxylic acids is 1. The van der Waals surface area contributed by atoms with Gasteiger partial charge in [-0.15, -0.1) is 0 Å². The van der Waals surface area contributed by atoms with Crippen molar-refractivity contribution in [3.8, 4) is 0 Å². The molecule has 0 aromatic heterocycles. The third kappa shape index (κ3) is 3.35. The van der Waals surface area contributed by atoms with Gasteiger partial charge in [0.05, 0.1) is 21.2 Å². The van der Waals surface area contributed by atoms with Crippen LogP contribution in [-0.2, 0) is 0 Å². The highest BCUT2D eigenvalue weighted by Crippen LogP contribution is 2.24. The summed E-state index contributed by atoms with van der Waals surface area (Å²) < 4.78 is 0. The number of carbonyl (C=O) groups is 2. The summed E-state index contributed by atoms with van der Waals surface area (Å²) in [7, 11) is 0. The zero-order valence-corrected chi connectivity index (χ0v) is 12.5. The van der Waals surface area contributed by atoms with Crippen molar-refractivity contribution in [1.82, 2.24) is 0 Å². The Kier molecular flexibility index (Phi) is 4.50. The first kappa shape index (κ1) is 15.4. The van der Waals surface area contributed by atoms with Crippen LogP contribution in [0.2, 0.25) is 10.0 Å². The van der Waals surface area contributed by atoms with Crippen LogP contribution in [0.5, 0.6) is 0 Å². The molecular weight excluding hydrogens is 313 g/mol. The van der Waals surface area contributed by atoms with Crippen molar-refractivity contribution in [1.29, 1.82) is 0 Å². The molecule has 0 saturated heterocycles. The Hall–Kier alpha value is -2.04. The average Bonchev–Trinajstić information content (AvgIpc) is 2.43. The van der Waals surface area contributed by atoms with E-state index >= 15 is 0 Å². The van der Waals surface area contributed by atoms with Gasteiger partial charge in [-0.1, -0.05) is 35.3 Å². The van der Waals surface area contributed by atoms with Crippen molar-refractivity contribution >= 4 is 40.8 Å². The Morgan fingerprint density at radius 3 is 2.48 bits per heavy atom. The largest absolute Gasteiger partial charge is 0.478 e. The normalized spacial score (nSPS) is 10.2. The third-order valence-corrected chi connectivity index (χ3v) is 3.72. The summed E-state index contributed by atoms with van der Waals surface area (Å²) in [5.41, 5.74) is 1.36. The molecule has 2 N–H and O–H groups in total. The van der Waals surface area contributed by atoms with Crippen molar-refractivity contribution in [3.63, 3.8) is 0 Å². The lowest BCUT2D eigenvalue weighted by Gasteiger charge is -2.09. The van der Waals surface area contributed by atoms with Crippen LogP contribution in [0.25, 0.3) is 0 Å². The molecule has 0 saturated carbocycles. The summed E-state index contributed by atoms with van der Waals surface area (Å²) >= 11 is 11.9. The molecule has 0 unspecified atom stereocenters. The molecule has 0 fully saturated rings. The molecule has 2 aromatic carbocycles. The van der Waals surface area contributed by atoms with E-state index < -0.39 is 11.9 Å². The summed E-state index contributed by atoms with van der Waals surface area (Å²) in [5, 5.41) is 12.1. The minimum absolute atomic E-state index is 0.0789. The van der Waals surface area contributed by atoms with Crippen LogP contribution in [0, 0.1) is 6.92 Å². The fraction of sp³-hybridized carbons (Fsp3) is 0.0667. The summed E-state index contributed by atoms with van der Waals surface area (Å²) in [6.07, 6.45) is 0. The molecule has 0 spiro atoms. The highest BCUT2D eigenvalue weighted by Gasteiger charge is 2.14. The first-order valence-electron chi connectivity index (χ1n) is 5.99. The quantitative estimate of drug-likeness (QED) is 0.887. The predicted molar refractivity (Wildman–Crippen MR) is 82.6 cm³/mol. The van der Waals surface area contributed by atoms with Crippen molar-refractivity contribution in [2.45, 2.75) is 6.92 Å². The Balaban J connectivity index is 2.30.